The van der Waals surface area contributed by atoms with Crippen LogP contribution in [0.25, 0.3) is 0 Å². The third kappa shape index (κ3) is 3.88. The van der Waals surface area contributed by atoms with Crippen molar-refractivity contribution >= 4 is 28.8 Å². The van der Waals surface area contributed by atoms with Crippen LogP contribution in [0, 0.1) is 0 Å². The van der Waals surface area contributed by atoms with Gasteiger partial charge in [0.05, 0.1) is 12.5 Å². The van der Waals surface area contributed by atoms with Crippen molar-refractivity contribution < 1.29 is 9.59 Å². The van der Waals surface area contributed by atoms with E-state index >= 15 is 0 Å². The lowest BCUT2D eigenvalue weighted by molar-refractivity contribution is -0.105. The molecule has 0 aromatic carbocycles. The van der Waals surface area contributed by atoms with Crippen LogP contribution in [-0.4, -0.2) is 33.4 Å². The number of amides is 2. The molecular formula is C11H13N5O2S. The Morgan fingerprint density at radius 2 is 2.42 bits per heavy atom. The largest absolute Gasteiger partial charge is 0.351 e. The number of hydrogen-bond acceptors (Lipinski definition) is 5. The second kappa shape index (κ2) is 6.64. The molecule has 2 amide bonds. The third-order valence-corrected chi connectivity index (χ3v) is 3.28. The van der Waals surface area contributed by atoms with Crippen molar-refractivity contribution in [2.45, 2.75) is 13.0 Å². The molecule has 0 unspecified atom stereocenters. The van der Waals surface area contributed by atoms with E-state index in [1.807, 2.05) is 10.8 Å². The molecule has 0 aliphatic heterocycles. The van der Waals surface area contributed by atoms with Crippen molar-refractivity contribution in [3.05, 3.63) is 29.8 Å². The van der Waals surface area contributed by atoms with Crippen molar-refractivity contribution in [1.29, 1.82) is 0 Å². The third-order valence-electron chi connectivity index (χ3n) is 2.35. The predicted octanol–water partition coefficient (Wildman–Crippen LogP) is 0.728. The van der Waals surface area contributed by atoms with E-state index < -0.39 is 0 Å². The molecule has 0 bridgehead atoms. The van der Waals surface area contributed by atoms with Gasteiger partial charge in [-0.15, -0.1) is 0 Å². The van der Waals surface area contributed by atoms with Gasteiger partial charge in [-0.1, -0.05) is 11.3 Å². The molecule has 2 aromatic rings. The summed E-state index contributed by atoms with van der Waals surface area (Å²) in [5, 5.41) is 5.62. The number of rotatable bonds is 7. The molecule has 0 saturated heterocycles. The second-order valence-electron chi connectivity index (χ2n) is 3.70. The number of hydrogen-bond donors (Lipinski definition) is 2. The number of thiazole rings is 1. The number of anilines is 1. The lowest BCUT2D eigenvalue weighted by Gasteiger charge is -2.03. The van der Waals surface area contributed by atoms with Gasteiger partial charge in [0.2, 0.25) is 6.41 Å². The highest BCUT2D eigenvalue weighted by atomic mass is 32.1. The van der Waals surface area contributed by atoms with Crippen molar-refractivity contribution in [2.24, 2.45) is 0 Å². The Bertz CT molecular complexity index is 537. The molecule has 0 radical (unpaired) electrons. The minimum Gasteiger partial charge on any atom is -0.351 e. The van der Waals surface area contributed by atoms with Crippen LogP contribution in [0.15, 0.2) is 24.9 Å². The van der Waals surface area contributed by atoms with Gasteiger partial charge in [-0.3, -0.25) is 9.59 Å². The van der Waals surface area contributed by atoms with E-state index in [0.29, 0.717) is 23.0 Å². The molecular weight excluding hydrogens is 266 g/mol. The predicted molar refractivity (Wildman–Crippen MR) is 71.0 cm³/mol. The minimum atomic E-state index is -0.179. The Labute approximate surface area is 113 Å². The molecule has 0 atom stereocenters. The van der Waals surface area contributed by atoms with E-state index in [1.54, 1.807) is 12.5 Å². The van der Waals surface area contributed by atoms with Gasteiger partial charge in [-0.2, -0.15) is 0 Å². The molecule has 8 heteroatoms. The Balaban J connectivity index is 1.72. The molecule has 7 nitrogen and oxygen atoms in total. The van der Waals surface area contributed by atoms with Gasteiger partial charge in [-0.25, -0.2) is 9.97 Å². The van der Waals surface area contributed by atoms with Crippen LogP contribution in [0.4, 0.5) is 5.13 Å². The SMILES string of the molecule is O=CNc1ncc(C(=O)NCCCn2ccnc2)s1. The summed E-state index contributed by atoms with van der Waals surface area (Å²) in [6, 6.07) is 0. The lowest BCUT2D eigenvalue weighted by Crippen LogP contribution is -2.24. The topological polar surface area (TPSA) is 88.9 Å². The smallest absolute Gasteiger partial charge is 0.263 e. The Morgan fingerprint density at radius 1 is 1.53 bits per heavy atom. The van der Waals surface area contributed by atoms with Gasteiger partial charge in [0, 0.05) is 25.5 Å². The van der Waals surface area contributed by atoms with Crippen LogP contribution in [-0.2, 0) is 11.3 Å². The number of nitrogens with zero attached hydrogens (tertiary/aromatic N) is 3. The number of carbonyl (C=O) groups is 2. The summed E-state index contributed by atoms with van der Waals surface area (Å²) in [7, 11) is 0. The van der Waals surface area contributed by atoms with Crippen LogP contribution in [0.1, 0.15) is 16.1 Å². The molecule has 0 fully saturated rings. The monoisotopic (exact) mass is 279 g/mol. The van der Waals surface area contributed by atoms with Crippen LogP contribution in [0.5, 0.6) is 0 Å². The first-order valence-electron chi connectivity index (χ1n) is 5.69. The molecule has 2 N–H and O–H groups in total. The summed E-state index contributed by atoms with van der Waals surface area (Å²) in [5.74, 6) is -0.179. The maximum Gasteiger partial charge on any atom is 0.263 e. The molecule has 0 saturated carbocycles. The van der Waals surface area contributed by atoms with Gasteiger partial charge in [0.25, 0.3) is 5.91 Å². The molecule has 2 aromatic heterocycles. The zero-order valence-corrected chi connectivity index (χ0v) is 10.9. The van der Waals surface area contributed by atoms with E-state index in [2.05, 4.69) is 20.6 Å². The molecule has 2 rings (SSSR count). The number of imidazole rings is 1. The highest BCUT2D eigenvalue weighted by Crippen LogP contribution is 2.16. The van der Waals surface area contributed by atoms with Crippen LogP contribution >= 0.6 is 11.3 Å². The lowest BCUT2D eigenvalue weighted by atomic mass is 10.4. The van der Waals surface area contributed by atoms with E-state index in [9.17, 15) is 9.59 Å². The van der Waals surface area contributed by atoms with Crippen LogP contribution < -0.4 is 10.6 Å². The molecule has 19 heavy (non-hydrogen) atoms. The van der Waals surface area contributed by atoms with Crippen molar-refractivity contribution in [3.8, 4) is 0 Å². The Morgan fingerprint density at radius 3 is 3.16 bits per heavy atom. The van der Waals surface area contributed by atoms with Gasteiger partial charge in [0.1, 0.15) is 4.88 Å². The molecule has 0 aliphatic rings. The fourth-order valence-corrected chi connectivity index (χ4v) is 2.16. The van der Waals surface area contributed by atoms with Crippen LogP contribution in [0.3, 0.4) is 0 Å². The second-order valence-corrected chi connectivity index (χ2v) is 4.73. The van der Waals surface area contributed by atoms with Gasteiger partial charge in [0.15, 0.2) is 5.13 Å². The Hall–Kier alpha value is -2.22. The van der Waals surface area contributed by atoms with Crippen molar-refractivity contribution in [3.63, 3.8) is 0 Å². The summed E-state index contributed by atoms with van der Waals surface area (Å²) in [6.45, 7) is 1.38. The zero-order chi connectivity index (χ0) is 13.5. The number of aryl methyl sites for hydroxylation is 1. The quantitative estimate of drug-likeness (QED) is 0.577. The minimum absolute atomic E-state index is 0.179. The highest BCUT2D eigenvalue weighted by Gasteiger charge is 2.09. The number of carbonyl (C=O) groups excluding carboxylic acids is 2. The Kier molecular flexibility index (Phi) is 4.62. The summed E-state index contributed by atoms with van der Waals surface area (Å²) in [4.78, 5) is 30.3. The molecule has 100 valence electrons. The zero-order valence-electron chi connectivity index (χ0n) is 10.1. The standard InChI is InChI=1S/C11H13N5O2S/c17-8-15-11-14-6-9(19-11)10(18)13-2-1-4-16-5-3-12-7-16/h3,5-8H,1-2,4H2,(H,13,18)(H,14,15,17). The summed E-state index contributed by atoms with van der Waals surface area (Å²) in [5.41, 5.74) is 0. The van der Waals surface area contributed by atoms with E-state index in [1.165, 1.54) is 6.20 Å². The van der Waals surface area contributed by atoms with Gasteiger partial charge < -0.3 is 15.2 Å². The highest BCUT2D eigenvalue weighted by molar-refractivity contribution is 7.17. The van der Waals surface area contributed by atoms with E-state index in [4.69, 9.17) is 0 Å². The van der Waals surface area contributed by atoms with Crippen molar-refractivity contribution in [2.75, 3.05) is 11.9 Å². The first-order valence-corrected chi connectivity index (χ1v) is 6.51. The van der Waals surface area contributed by atoms with Gasteiger partial charge in [-0.05, 0) is 6.42 Å². The summed E-state index contributed by atoms with van der Waals surface area (Å²) in [6.07, 6.45) is 8.13. The van der Waals surface area contributed by atoms with E-state index in [0.717, 1.165) is 24.3 Å². The number of aromatic nitrogens is 3. The summed E-state index contributed by atoms with van der Waals surface area (Å²) >= 11 is 1.14. The van der Waals surface area contributed by atoms with Crippen molar-refractivity contribution in [1.82, 2.24) is 19.9 Å². The molecule has 0 aliphatic carbocycles. The maximum atomic E-state index is 11.7. The fraction of sp³-hybridized carbons (Fsp3) is 0.273. The average molecular weight is 279 g/mol. The fourth-order valence-electron chi connectivity index (χ4n) is 1.47. The van der Waals surface area contributed by atoms with E-state index in [-0.39, 0.29) is 5.91 Å². The van der Waals surface area contributed by atoms with Gasteiger partial charge >= 0.3 is 0 Å². The molecule has 2 heterocycles. The summed E-state index contributed by atoms with van der Waals surface area (Å²) < 4.78 is 1.95. The molecule has 0 spiro atoms. The first kappa shape index (κ1) is 13.2. The van der Waals surface area contributed by atoms with Crippen LogP contribution in [0.2, 0.25) is 0 Å². The number of nitrogens with one attached hydrogen (secondary N) is 2. The normalized spacial score (nSPS) is 10.1. The maximum absolute atomic E-state index is 11.7. The first-order chi connectivity index (χ1) is 9.29. The average Bonchev–Trinajstić information content (AvgIpc) is 3.06.